The number of hydrogen-bond donors (Lipinski definition) is 2. The van der Waals surface area contributed by atoms with E-state index >= 15 is 0 Å². The van der Waals surface area contributed by atoms with Crippen molar-refractivity contribution in [2.45, 2.75) is 18.4 Å². The number of nitrogens with one attached hydrogen (secondary N) is 2. The van der Waals surface area contributed by atoms with Crippen LogP contribution in [-0.2, 0) is 6.42 Å². The number of benzene rings is 2. The zero-order valence-electron chi connectivity index (χ0n) is 15.2. The van der Waals surface area contributed by atoms with Gasteiger partial charge in [0.25, 0.3) is 11.5 Å². The van der Waals surface area contributed by atoms with Crippen LogP contribution in [-0.4, -0.2) is 46.2 Å². The van der Waals surface area contributed by atoms with Crippen molar-refractivity contribution in [2.75, 3.05) is 19.6 Å². The lowest BCUT2D eigenvalue weighted by molar-refractivity contribution is -0.0325. The number of rotatable bonds is 3. The van der Waals surface area contributed by atoms with E-state index in [1.54, 1.807) is 29.2 Å². The lowest BCUT2D eigenvalue weighted by Crippen LogP contribution is -2.77. The highest BCUT2D eigenvalue weighted by atomic mass is 19.1. The number of hydrogen-bond acceptors (Lipinski definition) is 4. The molecule has 2 aliphatic rings. The van der Waals surface area contributed by atoms with Crippen LogP contribution in [0.5, 0.6) is 0 Å². The summed E-state index contributed by atoms with van der Waals surface area (Å²) in [5, 5.41) is 11.2. The van der Waals surface area contributed by atoms with Gasteiger partial charge in [-0.1, -0.05) is 24.3 Å². The lowest BCUT2D eigenvalue weighted by atomic mass is 9.78. The third kappa shape index (κ3) is 2.54. The number of carbonyl (C=O) groups excluding carboxylic acids is 1. The van der Waals surface area contributed by atoms with Gasteiger partial charge in [-0.2, -0.15) is 5.10 Å². The number of H-pyrrole nitrogens is 1. The first-order valence-corrected chi connectivity index (χ1v) is 9.35. The Balaban J connectivity index is 1.48. The summed E-state index contributed by atoms with van der Waals surface area (Å²) in [6.07, 6.45) is 1.35. The molecule has 2 aromatic carbocycles. The van der Waals surface area contributed by atoms with Gasteiger partial charge >= 0.3 is 0 Å². The molecule has 0 unspecified atom stereocenters. The Labute approximate surface area is 160 Å². The third-order valence-corrected chi connectivity index (χ3v) is 5.93. The van der Waals surface area contributed by atoms with Gasteiger partial charge in [-0.25, -0.2) is 9.49 Å². The molecule has 2 saturated heterocycles. The van der Waals surface area contributed by atoms with Gasteiger partial charge < -0.3 is 10.2 Å². The monoisotopic (exact) mass is 378 g/mol. The SMILES string of the molecule is O=C(c1cc(Cc2n[nH]c(=O)c3ccccc23)ccc1F)N1CCC12CNC2. The van der Waals surface area contributed by atoms with E-state index in [1.165, 1.54) is 6.07 Å². The highest BCUT2D eigenvalue weighted by Crippen LogP contribution is 2.35. The van der Waals surface area contributed by atoms with E-state index in [0.29, 0.717) is 24.0 Å². The van der Waals surface area contributed by atoms with Crippen molar-refractivity contribution in [1.82, 2.24) is 20.4 Å². The largest absolute Gasteiger partial charge is 0.330 e. The Morgan fingerprint density at radius 3 is 2.64 bits per heavy atom. The first kappa shape index (κ1) is 17.1. The van der Waals surface area contributed by atoms with Crippen LogP contribution in [0.1, 0.15) is 28.0 Å². The third-order valence-electron chi connectivity index (χ3n) is 5.93. The van der Waals surface area contributed by atoms with E-state index in [2.05, 4.69) is 15.5 Å². The maximum Gasteiger partial charge on any atom is 0.272 e. The molecular formula is C21H19FN4O2. The molecule has 7 heteroatoms. The fourth-order valence-electron chi connectivity index (χ4n) is 4.13. The standard InChI is InChI=1S/C21H19FN4O2/c22-17-6-5-13(9-16(17)20(28)26-8-7-21(26)11-23-12-21)10-18-14-3-1-2-4-15(14)19(27)25-24-18/h1-6,9,23H,7-8,10-12H2,(H,25,27). The molecule has 3 heterocycles. The molecule has 28 heavy (non-hydrogen) atoms. The summed E-state index contributed by atoms with van der Waals surface area (Å²) >= 11 is 0. The molecule has 2 aliphatic heterocycles. The molecule has 0 aliphatic carbocycles. The first-order valence-electron chi connectivity index (χ1n) is 9.35. The molecule has 1 spiro atoms. The summed E-state index contributed by atoms with van der Waals surface area (Å²) in [6.45, 7) is 2.21. The molecule has 0 atom stereocenters. The number of likely N-dealkylation sites (tertiary alicyclic amines) is 1. The smallest absolute Gasteiger partial charge is 0.272 e. The van der Waals surface area contributed by atoms with Crippen molar-refractivity contribution in [3.05, 3.63) is 75.5 Å². The van der Waals surface area contributed by atoms with Crippen molar-refractivity contribution in [3.8, 4) is 0 Å². The summed E-state index contributed by atoms with van der Waals surface area (Å²) in [5.41, 5.74) is 1.18. The highest BCUT2D eigenvalue weighted by molar-refractivity contribution is 5.96. The van der Waals surface area contributed by atoms with Gasteiger partial charge in [-0.3, -0.25) is 9.59 Å². The van der Waals surface area contributed by atoms with Gasteiger partial charge in [0.15, 0.2) is 0 Å². The Morgan fingerprint density at radius 1 is 1.18 bits per heavy atom. The van der Waals surface area contributed by atoms with E-state index in [9.17, 15) is 14.0 Å². The Morgan fingerprint density at radius 2 is 1.96 bits per heavy atom. The van der Waals surface area contributed by atoms with E-state index in [0.717, 1.165) is 30.5 Å². The zero-order chi connectivity index (χ0) is 19.3. The average Bonchev–Trinajstić information content (AvgIpc) is 2.63. The van der Waals surface area contributed by atoms with Crippen molar-refractivity contribution < 1.29 is 9.18 Å². The van der Waals surface area contributed by atoms with Gasteiger partial charge in [-0.05, 0) is 30.2 Å². The maximum absolute atomic E-state index is 14.4. The number of fused-ring (bicyclic) bond motifs is 1. The molecule has 6 nitrogen and oxygen atoms in total. The van der Waals surface area contributed by atoms with Crippen LogP contribution in [0, 0.1) is 5.82 Å². The van der Waals surface area contributed by atoms with E-state index in [-0.39, 0.29) is 22.6 Å². The van der Waals surface area contributed by atoms with Crippen molar-refractivity contribution in [2.24, 2.45) is 0 Å². The molecule has 0 saturated carbocycles. The van der Waals surface area contributed by atoms with Crippen molar-refractivity contribution in [3.63, 3.8) is 0 Å². The number of aromatic nitrogens is 2. The molecule has 3 aromatic rings. The topological polar surface area (TPSA) is 78.1 Å². The quantitative estimate of drug-likeness (QED) is 0.729. The van der Waals surface area contributed by atoms with Crippen molar-refractivity contribution in [1.29, 1.82) is 0 Å². The van der Waals surface area contributed by atoms with Gasteiger partial charge in [0.2, 0.25) is 0 Å². The van der Waals surface area contributed by atoms with Gasteiger partial charge in [0.1, 0.15) is 5.82 Å². The fraction of sp³-hybridized carbons (Fsp3) is 0.286. The fourth-order valence-corrected chi connectivity index (χ4v) is 4.13. The van der Waals surface area contributed by atoms with Gasteiger partial charge in [-0.15, -0.1) is 0 Å². The Kier molecular flexibility index (Phi) is 3.80. The van der Waals surface area contributed by atoms with Crippen molar-refractivity contribution >= 4 is 16.7 Å². The van der Waals surface area contributed by atoms with Crippen LogP contribution in [0.4, 0.5) is 4.39 Å². The second kappa shape index (κ2) is 6.24. The molecule has 0 radical (unpaired) electrons. The van der Waals surface area contributed by atoms with Crippen LogP contribution >= 0.6 is 0 Å². The second-order valence-corrected chi connectivity index (χ2v) is 7.57. The minimum atomic E-state index is -0.512. The lowest BCUT2D eigenvalue weighted by Gasteiger charge is -2.58. The average molecular weight is 378 g/mol. The number of halogens is 1. The molecule has 0 bridgehead atoms. The molecule has 142 valence electrons. The van der Waals surface area contributed by atoms with Gasteiger partial charge in [0, 0.05) is 31.4 Å². The van der Waals surface area contributed by atoms with Crippen LogP contribution in [0.25, 0.3) is 10.8 Å². The number of nitrogens with zero attached hydrogens (tertiary/aromatic N) is 2. The molecule has 1 aromatic heterocycles. The summed E-state index contributed by atoms with van der Waals surface area (Å²) in [7, 11) is 0. The van der Waals surface area contributed by atoms with Crippen LogP contribution < -0.4 is 10.9 Å². The predicted octanol–water partition coefficient (Wildman–Crippen LogP) is 1.84. The minimum absolute atomic E-state index is 0.0946. The molecule has 5 rings (SSSR count). The zero-order valence-corrected chi connectivity index (χ0v) is 15.2. The maximum atomic E-state index is 14.4. The first-order chi connectivity index (χ1) is 13.6. The molecular weight excluding hydrogens is 359 g/mol. The van der Waals surface area contributed by atoms with E-state index in [1.807, 2.05) is 12.1 Å². The molecule has 1 amide bonds. The van der Waals surface area contributed by atoms with E-state index in [4.69, 9.17) is 0 Å². The molecule has 2 fully saturated rings. The van der Waals surface area contributed by atoms with E-state index < -0.39 is 5.82 Å². The Hall–Kier alpha value is -3.06. The second-order valence-electron chi connectivity index (χ2n) is 7.57. The molecule has 2 N–H and O–H groups in total. The van der Waals surface area contributed by atoms with Crippen LogP contribution in [0.3, 0.4) is 0 Å². The Bertz CT molecular complexity index is 1150. The minimum Gasteiger partial charge on any atom is -0.330 e. The number of amides is 1. The van der Waals surface area contributed by atoms with Gasteiger partial charge in [0.05, 0.1) is 22.2 Å². The highest BCUT2D eigenvalue weighted by Gasteiger charge is 2.51. The summed E-state index contributed by atoms with van der Waals surface area (Å²) < 4.78 is 14.4. The van der Waals surface area contributed by atoms with Crippen LogP contribution in [0.2, 0.25) is 0 Å². The summed E-state index contributed by atoms with van der Waals surface area (Å²) in [6, 6.07) is 11.8. The summed E-state index contributed by atoms with van der Waals surface area (Å²) in [4.78, 5) is 26.6. The normalized spacial score (nSPS) is 17.4. The van der Waals surface area contributed by atoms with Crippen LogP contribution in [0.15, 0.2) is 47.3 Å². The predicted molar refractivity (Wildman–Crippen MR) is 103 cm³/mol. The number of carbonyl (C=O) groups is 1. The number of aromatic amines is 1. The summed E-state index contributed by atoms with van der Waals surface area (Å²) in [5.74, 6) is -0.770.